The molecule has 3 heterocycles. The molecule has 9 nitrogen and oxygen atoms in total. The lowest BCUT2D eigenvalue weighted by atomic mass is 10.1. The monoisotopic (exact) mass is 461 g/mol. The first-order valence-corrected chi connectivity index (χ1v) is 12.1. The van der Waals surface area contributed by atoms with Crippen molar-refractivity contribution in [3.63, 3.8) is 0 Å². The minimum Gasteiger partial charge on any atom is -0.454 e. The van der Waals surface area contributed by atoms with Crippen LogP contribution in [0.1, 0.15) is 23.2 Å². The van der Waals surface area contributed by atoms with Crippen LogP contribution in [0.4, 0.5) is 0 Å². The molecule has 0 radical (unpaired) electrons. The molecular weight excluding hydrogens is 426 g/mol. The second-order valence-corrected chi connectivity index (χ2v) is 9.54. The zero-order valence-electron chi connectivity index (χ0n) is 19.2. The maximum Gasteiger partial charge on any atom is 0.254 e. The van der Waals surface area contributed by atoms with Gasteiger partial charge in [0.05, 0.1) is 32.0 Å². The van der Waals surface area contributed by atoms with Gasteiger partial charge in [0.2, 0.25) is 6.79 Å². The number of amides is 1. The third-order valence-corrected chi connectivity index (χ3v) is 6.77. The van der Waals surface area contributed by atoms with Gasteiger partial charge in [-0.1, -0.05) is 0 Å². The predicted octanol–water partition coefficient (Wildman–Crippen LogP) is 0.661. The van der Waals surface area contributed by atoms with Crippen LogP contribution in [0.5, 0.6) is 11.5 Å². The van der Waals surface area contributed by atoms with Crippen LogP contribution in [-0.2, 0) is 9.47 Å². The number of hydrogen-bond donors (Lipinski definition) is 1. The fourth-order valence-corrected chi connectivity index (χ4v) is 4.80. The summed E-state index contributed by atoms with van der Waals surface area (Å²) >= 11 is 0. The molecule has 33 heavy (non-hydrogen) atoms. The van der Waals surface area contributed by atoms with Crippen molar-refractivity contribution in [2.24, 2.45) is 5.92 Å². The molecule has 1 amide bonds. The van der Waals surface area contributed by atoms with Crippen molar-refractivity contribution in [3.8, 4) is 11.5 Å². The third-order valence-electron chi connectivity index (χ3n) is 6.77. The van der Waals surface area contributed by atoms with Gasteiger partial charge in [0, 0.05) is 57.9 Å². The van der Waals surface area contributed by atoms with Crippen LogP contribution in [0.3, 0.4) is 0 Å². The molecule has 2 atom stereocenters. The Labute approximate surface area is 195 Å². The molecule has 1 saturated carbocycles. The average Bonchev–Trinajstić information content (AvgIpc) is 3.51. The van der Waals surface area contributed by atoms with Crippen LogP contribution < -0.4 is 9.47 Å². The van der Waals surface area contributed by atoms with Gasteiger partial charge in [-0.05, 0) is 37.0 Å². The summed E-state index contributed by atoms with van der Waals surface area (Å²) in [4.78, 5) is 19.8. The second kappa shape index (κ2) is 10.6. The van der Waals surface area contributed by atoms with Crippen LogP contribution in [0.2, 0.25) is 0 Å². The lowest BCUT2D eigenvalue weighted by Gasteiger charge is -2.37. The summed E-state index contributed by atoms with van der Waals surface area (Å²) in [6.07, 6.45) is 1.89. The Hall–Kier alpha value is -1.91. The molecule has 1 N–H and O–H groups in total. The van der Waals surface area contributed by atoms with E-state index in [0.717, 1.165) is 45.9 Å². The SMILES string of the molecule is O=C(c1ccc2c(c1)OCO2)N(CC1CC1)C[C@H]1CN(C[C@@H](O)CN2CCOCC2)CCO1. The molecule has 3 aliphatic heterocycles. The topological polar surface area (TPSA) is 83.9 Å². The summed E-state index contributed by atoms with van der Waals surface area (Å²) in [5, 5.41) is 10.6. The van der Waals surface area contributed by atoms with Gasteiger partial charge in [0.15, 0.2) is 11.5 Å². The van der Waals surface area contributed by atoms with Crippen molar-refractivity contribution in [2.75, 3.05) is 79.0 Å². The summed E-state index contributed by atoms with van der Waals surface area (Å²) in [6.45, 7) is 8.16. The number of carbonyl (C=O) groups is 1. The Morgan fingerprint density at radius 2 is 1.79 bits per heavy atom. The number of ether oxygens (including phenoxy) is 4. The first kappa shape index (κ1) is 22.9. The summed E-state index contributed by atoms with van der Waals surface area (Å²) in [6, 6.07) is 5.39. The molecule has 0 spiro atoms. The Morgan fingerprint density at radius 3 is 2.61 bits per heavy atom. The van der Waals surface area contributed by atoms with Crippen molar-refractivity contribution < 1.29 is 28.8 Å². The number of benzene rings is 1. The van der Waals surface area contributed by atoms with Crippen molar-refractivity contribution in [1.82, 2.24) is 14.7 Å². The largest absolute Gasteiger partial charge is 0.454 e. The first-order valence-electron chi connectivity index (χ1n) is 12.1. The highest BCUT2D eigenvalue weighted by atomic mass is 16.7. The summed E-state index contributed by atoms with van der Waals surface area (Å²) in [5.41, 5.74) is 0.619. The molecule has 3 fully saturated rings. The van der Waals surface area contributed by atoms with E-state index in [1.807, 2.05) is 11.0 Å². The third kappa shape index (κ3) is 6.16. The maximum absolute atomic E-state index is 13.4. The average molecular weight is 462 g/mol. The molecule has 182 valence electrons. The van der Waals surface area contributed by atoms with Crippen molar-refractivity contribution in [1.29, 1.82) is 0 Å². The van der Waals surface area contributed by atoms with Crippen LogP contribution in [0.15, 0.2) is 18.2 Å². The predicted molar refractivity (Wildman–Crippen MR) is 121 cm³/mol. The Balaban J connectivity index is 1.17. The fraction of sp³-hybridized carbons (Fsp3) is 0.708. The van der Waals surface area contributed by atoms with Crippen molar-refractivity contribution in [3.05, 3.63) is 23.8 Å². The van der Waals surface area contributed by atoms with Gasteiger partial charge >= 0.3 is 0 Å². The maximum atomic E-state index is 13.4. The number of rotatable bonds is 9. The number of aliphatic hydroxyl groups is 1. The number of morpholine rings is 2. The Bertz CT molecular complexity index is 813. The van der Waals surface area contributed by atoms with E-state index in [4.69, 9.17) is 18.9 Å². The Kier molecular flexibility index (Phi) is 7.32. The van der Waals surface area contributed by atoms with E-state index in [0.29, 0.717) is 49.2 Å². The van der Waals surface area contributed by atoms with Gasteiger partial charge in [-0.15, -0.1) is 0 Å². The van der Waals surface area contributed by atoms with Gasteiger partial charge < -0.3 is 29.0 Å². The highest BCUT2D eigenvalue weighted by Crippen LogP contribution is 2.34. The van der Waals surface area contributed by atoms with Crippen LogP contribution in [-0.4, -0.2) is 117 Å². The van der Waals surface area contributed by atoms with E-state index < -0.39 is 6.10 Å². The molecule has 1 aromatic carbocycles. The molecular formula is C24H35N3O6. The summed E-state index contributed by atoms with van der Waals surface area (Å²) in [7, 11) is 0. The molecule has 5 rings (SSSR count). The zero-order valence-corrected chi connectivity index (χ0v) is 19.2. The lowest BCUT2D eigenvalue weighted by Crippen LogP contribution is -2.52. The standard InChI is InChI=1S/C24H35N3O6/c28-20(13-25-5-8-30-9-6-25)14-26-7-10-31-21(15-26)16-27(12-18-1-2-18)24(29)19-3-4-22-23(11-19)33-17-32-22/h3-4,11,18,20-21,28H,1-2,5-10,12-17H2/t20-,21+/m0/s1. The quantitative estimate of drug-likeness (QED) is 0.574. The summed E-state index contributed by atoms with van der Waals surface area (Å²) in [5.74, 6) is 1.90. The molecule has 1 aromatic rings. The fourth-order valence-electron chi connectivity index (χ4n) is 4.80. The molecule has 2 saturated heterocycles. The molecule has 0 aromatic heterocycles. The van der Waals surface area contributed by atoms with E-state index in [9.17, 15) is 9.90 Å². The van der Waals surface area contributed by atoms with Crippen LogP contribution in [0, 0.1) is 5.92 Å². The van der Waals surface area contributed by atoms with Crippen molar-refractivity contribution in [2.45, 2.75) is 25.0 Å². The minimum atomic E-state index is -0.403. The minimum absolute atomic E-state index is 0.00766. The number of carbonyl (C=O) groups excluding carboxylic acids is 1. The number of hydrogen-bond acceptors (Lipinski definition) is 8. The van der Waals surface area contributed by atoms with Gasteiger partial charge in [0.1, 0.15) is 0 Å². The van der Waals surface area contributed by atoms with Gasteiger partial charge in [0.25, 0.3) is 5.91 Å². The van der Waals surface area contributed by atoms with Crippen LogP contribution in [0.25, 0.3) is 0 Å². The van der Waals surface area contributed by atoms with Crippen LogP contribution >= 0.6 is 0 Å². The smallest absolute Gasteiger partial charge is 0.254 e. The van der Waals surface area contributed by atoms with E-state index >= 15 is 0 Å². The van der Waals surface area contributed by atoms with E-state index in [2.05, 4.69) is 9.80 Å². The lowest BCUT2D eigenvalue weighted by molar-refractivity contribution is -0.0557. The second-order valence-electron chi connectivity index (χ2n) is 9.54. The van der Waals surface area contributed by atoms with E-state index in [-0.39, 0.29) is 18.8 Å². The first-order chi connectivity index (χ1) is 16.1. The van der Waals surface area contributed by atoms with Crippen molar-refractivity contribution >= 4 is 5.91 Å². The zero-order chi connectivity index (χ0) is 22.6. The number of β-amino-alcohol motifs (C(OH)–C–C–N with tert-alkyl or cyclic N) is 1. The molecule has 4 aliphatic rings. The number of aliphatic hydroxyl groups excluding tert-OH is 1. The molecule has 0 unspecified atom stereocenters. The van der Waals surface area contributed by atoms with Gasteiger partial charge in [-0.25, -0.2) is 0 Å². The number of fused-ring (bicyclic) bond motifs is 1. The van der Waals surface area contributed by atoms with E-state index in [1.165, 1.54) is 12.8 Å². The molecule has 0 bridgehead atoms. The Morgan fingerprint density at radius 1 is 1.03 bits per heavy atom. The molecule has 1 aliphatic carbocycles. The summed E-state index contributed by atoms with van der Waals surface area (Å²) < 4.78 is 22.3. The highest BCUT2D eigenvalue weighted by Gasteiger charge is 2.32. The highest BCUT2D eigenvalue weighted by molar-refractivity contribution is 5.95. The molecule has 9 heteroatoms. The van der Waals surface area contributed by atoms with Gasteiger partial charge in [-0.2, -0.15) is 0 Å². The van der Waals surface area contributed by atoms with Gasteiger partial charge in [-0.3, -0.25) is 14.6 Å². The normalized spacial score (nSPS) is 24.6. The van der Waals surface area contributed by atoms with E-state index in [1.54, 1.807) is 12.1 Å². The number of nitrogens with zero attached hydrogens (tertiary/aromatic N) is 3.